The lowest BCUT2D eigenvalue weighted by atomic mass is 9.93. The van der Waals surface area contributed by atoms with Crippen molar-refractivity contribution in [1.29, 1.82) is 0 Å². The molecule has 2 aliphatic rings. The topological polar surface area (TPSA) is 26.8 Å². The van der Waals surface area contributed by atoms with E-state index in [-0.39, 0.29) is 0 Å². The van der Waals surface area contributed by atoms with Crippen LogP contribution in [0.25, 0.3) is 0 Å². The molecule has 2 saturated heterocycles. The Kier molecular flexibility index (Phi) is 5.15. The molecule has 2 aliphatic heterocycles. The van der Waals surface area contributed by atoms with Gasteiger partial charge in [0, 0.05) is 45.2 Å². The molecule has 2 heterocycles. The number of ketones is 1. The summed E-state index contributed by atoms with van der Waals surface area (Å²) in [4.78, 5) is 18.8. The van der Waals surface area contributed by atoms with Crippen molar-refractivity contribution in [3.05, 3.63) is 0 Å². The minimum absolute atomic E-state index is 0.338. The molecule has 2 fully saturated rings. The van der Waals surface area contributed by atoms with Crippen molar-refractivity contribution in [2.75, 3.05) is 59.4 Å². The number of piperazine rings is 1. The Labute approximate surface area is 111 Å². The fourth-order valence-electron chi connectivity index (χ4n) is 2.92. The largest absolute Gasteiger partial charge is 0.304 e. The summed E-state index contributed by atoms with van der Waals surface area (Å²) in [6, 6.07) is 0. The van der Waals surface area contributed by atoms with Crippen LogP contribution in [0.1, 0.15) is 19.8 Å². The maximum atomic E-state index is 11.3. The molecule has 0 atom stereocenters. The summed E-state index contributed by atoms with van der Waals surface area (Å²) < 4.78 is 0. The summed E-state index contributed by atoms with van der Waals surface area (Å²) in [5.74, 6) is 0.721. The monoisotopic (exact) mass is 253 g/mol. The second-order valence-electron chi connectivity index (χ2n) is 5.87. The van der Waals surface area contributed by atoms with Gasteiger partial charge in [-0.15, -0.1) is 0 Å². The number of carbonyl (C=O) groups is 1. The zero-order valence-electron chi connectivity index (χ0n) is 11.9. The summed E-state index contributed by atoms with van der Waals surface area (Å²) in [5.41, 5.74) is 0. The molecule has 0 bridgehead atoms. The molecule has 0 aliphatic carbocycles. The third kappa shape index (κ3) is 4.04. The van der Waals surface area contributed by atoms with Crippen molar-refractivity contribution in [3.8, 4) is 0 Å². The minimum atomic E-state index is 0.338. The van der Waals surface area contributed by atoms with Crippen LogP contribution in [0.5, 0.6) is 0 Å². The van der Waals surface area contributed by atoms with Crippen LogP contribution in [0, 0.1) is 5.92 Å². The third-order valence-electron chi connectivity index (χ3n) is 4.49. The van der Waals surface area contributed by atoms with Gasteiger partial charge in [-0.1, -0.05) is 0 Å². The first-order valence-electron chi connectivity index (χ1n) is 7.29. The summed E-state index contributed by atoms with van der Waals surface area (Å²) in [5, 5.41) is 0. The van der Waals surface area contributed by atoms with Crippen LogP contribution < -0.4 is 0 Å². The predicted molar refractivity (Wildman–Crippen MR) is 73.8 cm³/mol. The molecule has 4 nitrogen and oxygen atoms in total. The van der Waals surface area contributed by atoms with E-state index in [0.29, 0.717) is 11.7 Å². The summed E-state index contributed by atoms with van der Waals surface area (Å²) >= 11 is 0. The second-order valence-corrected chi connectivity index (χ2v) is 5.87. The van der Waals surface area contributed by atoms with Gasteiger partial charge < -0.3 is 9.80 Å². The number of likely N-dealkylation sites (N-methyl/N-ethyl adjacent to an activating group) is 1. The SMILES string of the molecule is CC(=O)C1CCN(CCN2CCN(C)CC2)CC1. The van der Waals surface area contributed by atoms with Crippen molar-refractivity contribution >= 4 is 5.78 Å². The first-order valence-corrected chi connectivity index (χ1v) is 7.29. The van der Waals surface area contributed by atoms with E-state index in [1.165, 1.54) is 39.3 Å². The number of Topliss-reactive ketones (excluding diaryl/α,β-unsaturated/α-hetero) is 1. The minimum Gasteiger partial charge on any atom is -0.304 e. The first kappa shape index (κ1) is 14.0. The summed E-state index contributed by atoms with van der Waals surface area (Å²) in [6.45, 7) is 11.1. The number of piperidine rings is 1. The molecule has 4 heteroatoms. The molecule has 0 spiro atoms. The van der Waals surface area contributed by atoms with Crippen molar-refractivity contribution in [3.63, 3.8) is 0 Å². The van der Waals surface area contributed by atoms with E-state index in [1.54, 1.807) is 6.92 Å². The normalized spacial score (nSPS) is 25.4. The van der Waals surface area contributed by atoms with E-state index in [9.17, 15) is 4.79 Å². The van der Waals surface area contributed by atoms with E-state index in [4.69, 9.17) is 0 Å². The van der Waals surface area contributed by atoms with Gasteiger partial charge in [-0.25, -0.2) is 0 Å². The third-order valence-corrected chi connectivity index (χ3v) is 4.49. The number of hydrogen-bond acceptors (Lipinski definition) is 4. The summed E-state index contributed by atoms with van der Waals surface area (Å²) in [7, 11) is 2.20. The fraction of sp³-hybridized carbons (Fsp3) is 0.929. The maximum absolute atomic E-state index is 11.3. The van der Waals surface area contributed by atoms with Crippen LogP contribution in [0.15, 0.2) is 0 Å². The van der Waals surface area contributed by atoms with Crippen molar-refractivity contribution in [2.24, 2.45) is 5.92 Å². The number of likely N-dealkylation sites (tertiary alicyclic amines) is 1. The van der Waals surface area contributed by atoms with Gasteiger partial charge in [0.15, 0.2) is 0 Å². The molecular formula is C14H27N3O. The summed E-state index contributed by atoms with van der Waals surface area (Å²) in [6.07, 6.45) is 2.14. The standard InChI is InChI=1S/C14H27N3O/c1-13(18)14-3-5-16(6-4-14)11-12-17-9-7-15(2)8-10-17/h14H,3-12H2,1-2H3. The quantitative estimate of drug-likeness (QED) is 0.730. The van der Waals surface area contributed by atoms with Crippen LogP contribution in [0.4, 0.5) is 0 Å². The van der Waals surface area contributed by atoms with E-state index < -0.39 is 0 Å². The molecule has 0 aromatic heterocycles. The lowest BCUT2D eigenvalue weighted by Gasteiger charge is -2.35. The molecule has 0 aromatic carbocycles. The lowest BCUT2D eigenvalue weighted by molar-refractivity contribution is -0.122. The van der Waals surface area contributed by atoms with E-state index >= 15 is 0 Å². The molecule has 0 unspecified atom stereocenters. The molecule has 0 saturated carbocycles. The number of hydrogen-bond donors (Lipinski definition) is 0. The Morgan fingerprint density at radius 3 is 1.94 bits per heavy atom. The highest BCUT2D eigenvalue weighted by atomic mass is 16.1. The molecule has 2 rings (SSSR count). The van der Waals surface area contributed by atoms with Crippen molar-refractivity contribution in [2.45, 2.75) is 19.8 Å². The van der Waals surface area contributed by atoms with E-state index in [1.807, 2.05) is 0 Å². The highest BCUT2D eigenvalue weighted by molar-refractivity contribution is 5.78. The number of rotatable bonds is 4. The molecule has 0 radical (unpaired) electrons. The van der Waals surface area contributed by atoms with Gasteiger partial charge in [0.1, 0.15) is 5.78 Å². The maximum Gasteiger partial charge on any atom is 0.133 e. The smallest absolute Gasteiger partial charge is 0.133 e. The second kappa shape index (κ2) is 6.64. The zero-order valence-corrected chi connectivity index (χ0v) is 11.9. The Hall–Kier alpha value is -0.450. The predicted octanol–water partition coefficient (Wildman–Crippen LogP) is 0.535. The van der Waals surface area contributed by atoms with Crippen LogP contribution in [0.2, 0.25) is 0 Å². The zero-order chi connectivity index (χ0) is 13.0. The van der Waals surface area contributed by atoms with Crippen molar-refractivity contribution < 1.29 is 4.79 Å². The van der Waals surface area contributed by atoms with Gasteiger partial charge in [-0.2, -0.15) is 0 Å². The van der Waals surface area contributed by atoms with Gasteiger partial charge in [-0.05, 0) is 39.9 Å². The van der Waals surface area contributed by atoms with Crippen LogP contribution in [-0.2, 0) is 4.79 Å². The Balaban J connectivity index is 1.62. The van der Waals surface area contributed by atoms with Crippen LogP contribution in [-0.4, -0.2) is 79.9 Å². The molecule has 104 valence electrons. The number of nitrogens with zero attached hydrogens (tertiary/aromatic N) is 3. The van der Waals surface area contributed by atoms with Gasteiger partial charge in [0.2, 0.25) is 0 Å². The highest BCUT2D eigenvalue weighted by Crippen LogP contribution is 2.17. The molecule has 18 heavy (non-hydrogen) atoms. The molecule has 0 aromatic rings. The molecular weight excluding hydrogens is 226 g/mol. The van der Waals surface area contributed by atoms with Crippen LogP contribution in [0.3, 0.4) is 0 Å². The van der Waals surface area contributed by atoms with Crippen molar-refractivity contribution in [1.82, 2.24) is 14.7 Å². The van der Waals surface area contributed by atoms with E-state index in [2.05, 4.69) is 21.7 Å². The lowest BCUT2D eigenvalue weighted by Crippen LogP contribution is -2.47. The Bertz CT molecular complexity index is 266. The first-order chi connectivity index (χ1) is 8.65. The van der Waals surface area contributed by atoms with Gasteiger partial charge in [-0.3, -0.25) is 9.69 Å². The van der Waals surface area contributed by atoms with E-state index in [0.717, 1.165) is 25.9 Å². The number of carbonyl (C=O) groups excluding carboxylic acids is 1. The van der Waals surface area contributed by atoms with Gasteiger partial charge >= 0.3 is 0 Å². The molecule has 0 N–H and O–H groups in total. The Morgan fingerprint density at radius 2 is 1.44 bits per heavy atom. The highest BCUT2D eigenvalue weighted by Gasteiger charge is 2.22. The average Bonchev–Trinajstić information content (AvgIpc) is 2.38. The van der Waals surface area contributed by atoms with Gasteiger partial charge in [0.25, 0.3) is 0 Å². The molecule has 0 amide bonds. The average molecular weight is 253 g/mol. The van der Waals surface area contributed by atoms with Crippen LogP contribution >= 0.6 is 0 Å². The van der Waals surface area contributed by atoms with Gasteiger partial charge in [0.05, 0.1) is 0 Å². The fourth-order valence-corrected chi connectivity index (χ4v) is 2.92. The Morgan fingerprint density at radius 1 is 0.944 bits per heavy atom.